The topological polar surface area (TPSA) is 34.1 Å². The van der Waals surface area contributed by atoms with Crippen LogP contribution in [0, 0.1) is 0 Å². The van der Waals surface area contributed by atoms with Crippen molar-refractivity contribution in [3.05, 3.63) is 63.9 Å². The number of ether oxygens (including phenoxy) is 1. The Morgan fingerprint density at radius 1 is 1.05 bits per heavy atom. The van der Waals surface area contributed by atoms with Gasteiger partial charge < -0.3 is 10.1 Å². The van der Waals surface area contributed by atoms with Gasteiger partial charge in [-0.05, 0) is 36.7 Å². The SMILES string of the molecule is CCCNCc1cccc(COCc2ccccc2Br)n1. The summed E-state index contributed by atoms with van der Waals surface area (Å²) in [5.74, 6) is 0. The Balaban J connectivity index is 1.83. The van der Waals surface area contributed by atoms with E-state index in [0.717, 1.165) is 40.9 Å². The highest BCUT2D eigenvalue weighted by molar-refractivity contribution is 9.10. The van der Waals surface area contributed by atoms with Crippen molar-refractivity contribution in [3.8, 4) is 0 Å². The van der Waals surface area contributed by atoms with E-state index in [9.17, 15) is 0 Å². The fraction of sp³-hybridized carbons (Fsp3) is 0.353. The highest BCUT2D eigenvalue weighted by Crippen LogP contribution is 2.17. The molecule has 112 valence electrons. The van der Waals surface area contributed by atoms with Gasteiger partial charge in [0.05, 0.1) is 24.6 Å². The molecule has 0 radical (unpaired) electrons. The van der Waals surface area contributed by atoms with Gasteiger partial charge in [-0.25, -0.2) is 0 Å². The maximum Gasteiger partial charge on any atom is 0.0892 e. The van der Waals surface area contributed by atoms with Gasteiger partial charge in [-0.3, -0.25) is 4.98 Å². The Morgan fingerprint density at radius 2 is 1.86 bits per heavy atom. The highest BCUT2D eigenvalue weighted by atomic mass is 79.9. The van der Waals surface area contributed by atoms with Crippen molar-refractivity contribution in [1.29, 1.82) is 0 Å². The van der Waals surface area contributed by atoms with Gasteiger partial charge in [0.15, 0.2) is 0 Å². The highest BCUT2D eigenvalue weighted by Gasteiger charge is 2.01. The summed E-state index contributed by atoms with van der Waals surface area (Å²) in [5.41, 5.74) is 3.18. The molecule has 0 saturated heterocycles. The number of pyridine rings is 1. The molecule has 1 aromatic heterocycles. The largest absolute Gasteiger partial charge is 0.370 e. The second-order valence-electron chi connectivity index (χ2n) is 4.88. The molecular formula is C17H21BrN2O. The molecule has 3 nitrogen and oxygen atoms in total. The van der Waals surface area contributed by atoms with Crippen molar-refractivity contribution < 1.29 is 4.74 Å². The summed E-state index contributed by atoms with van der Waals surface area (Å²) >= 11 is 3.53. The van der Waals surface area contributed by atoms with Gasteiger partial charge in [0.25, 0.3) is 0 Å². The Kier molecular flexibility index (Phi) is 6.86. The van der Waals surface area contributed by atoms with Crippen LogP contribution < -0.4 is 5.32 Å². The quantitative estimate of drug-likeness (QED) is 0.730. The molecule has 0 bridgehead atoms. The minimum absolute atomic E-state index is 0.531. The molecule has 1 aromatic carbocycles. The number of hydrogen-bond donors (Lipinski definition) is 1. The van der Waals surface area contributed by atoms with E-state index in [1.807, 2.05) is 36.4 Å². The van der Waals surface area contributed by atoms with Gasteiger partial charge in [0.1, 0.15) is 0 Å². The third-order valence-electron chi connectivity index (χ3n) is 3.06. The molecule has 0 atom stereocenters. The Hall–Kier alpha value is -1.23. The number of hydrogen-bond acceptors (Lipinski definition) is 3. The number of benzene rings is 1. The van der Waals surface area contributed by atoms with Crippen molar-refractivity contribution in [3.63, 3.8) is 0 Å². The van der Waals surface area contributed by atoms with Crippen molar-refractivity contribution in [2.75, 3.05) is 6.54 Å². The van der Waals surface area contributed by atoms with E-state index in [1.54, 1.807) is 0 Å². The first-order valence-electron chi connectivity index (χ1n) is 7.26. The van der Waals surface area contributed by atoms with Crippen LogP contribution in [0.5, 0.6) is 0 Å². The van der Waals surface area contributed by atoms with E-state index in [0.29, 0.717) is 13.2 Å². The molecule has 0 saturated carbocycles. The van der Waals surface area contributed by atoms with Crippen LogP contribution in [0.2, 0.25) is 0 Å². The van der Waals surface area contributed by atoms with Crippen molar-refractivity contribution in [2.24, 2.45) is 0 Å². The average Bonchev–Trinajstić information content (AvgIpc) is 2.50. The molecule has 0 aliphatic heterocycles. The Morgan fingerprint density at radius 3 is 2.67 bits per heavy atom. The van der Waals surface area contributed by atoms with Crippen molar-refractivity contribution >= 4 is 15.9 Å². The number of aromatic nitrogens is 1. The summed E-state index contributed by atoms with van der Waals surface area (Å²) in [5, 5.41) is 3.36. The second kappa shape index (κ2) is 8.93. The molecule has 2 aromatic rings. The first-order chi connectivity index (χ1) is 10.3. The molecule has 0 unspecified atom stereocenters. The lowest BCUT2D eigenvalue weighted by Crippen LogP contribution is -2.15. The number of rotatable bonds is 8. The molecule has 4 heteroatoms. The summed E-state index contributed by atoms with van der Waals surface area (Å²) in [6.07, 6.45) is 1.13. The number of nitrogens with zero attached hydrogens (tertiary/aromatic N) is 1. The summed E-state index contributed by atoms with van der Waals surface area (Å²) < 4.78 is 6.83. The molecule has 0 aliphatic rings. The van der Waals surface area contributed by atoms with E-state index >= 15 is 0 Å². The normalized spacial score (nSPS) is 10.8. The van der Waals surface area contributed by atoms with E-state index in [2.05, 4.69) is 39.2 Å². The smallest absolute Gasteiger partial charge is 0.0892 e. The summed E-state index contributed by atoms with van der Waals surface area (Å²) in [6.45, 7) is 5.10. The lowest BCUT2D eigenvalue weighted by atomic mass is 10.2. The van der Waals surface area contributed by atoms with Crippen LogP contribution in [0.3, 0.4) is 0 Å². The van der Waals surface area contributed by atoms with Gasteiger partial charge in [-0.1, -0.05) is 47.1 Å². The lowest BCUT2D eigenvalue weighted by molar-refractivity contribution is 0.104. The van der Waals surface area contributed by atoms with Crippen LogP contribution in [0.15, 0.2) is 46.9 Å². The zero-order valence-corrected chi connectivity index (χ0v) is 13.9. The van der Waals surface area contributed by atoms with Gasteiger partial charge in [0.2, 0.25) is 0 Å². The zero-order valence-electron chi connectivity index (χ0n) is 12.3. The standard InChI is InChI=1S/C17H21BrN2O/c1-2-10-19-11-15-7-5-8-16(20-15)13-21-12-14-6-3-4-9-17(14)18/h3-9,19H,2,10-13H2,1H3. The van der Waals surface area contributed by atoms with Crippen LogP contribution in [0.4, 0.5) is 0 Å². The van der Waals surface area contributed by atoms with E-state index in [1.165, 1.54) is 0 Å². The van der Waals surface area contributed by atoms with Crippen LogP contribution >= 0.6 is 15.9 Å². The minimum atomic E-state index is 0.531. The lowest BCUT2D eigenvalue weighted by Gasteiger charge is -2.08. The molecule has 1 heterocycles. The number of halogens is 1. The summed E-state index contributed by atoms with van der Waals surface area (Å²) in [6, 6.07) is 14.2. The summed E-state index contributed by atoms with van der Waals surface area (Å²) in [4.78, 5) is 4.60. The molecule has 0 amide bonds. The maximum absolute atomic E-state index is 5.75. The van der Waals surface area contributed by atoms with E-state index in [4.69, 9.17) is 4.74 Å². The van der Waals surface area contributed by atoms with Crippen LogP contribution in [-0.2, 0) is 24.5 Å². The first kappa shape index (κ1) is 16.1. The third kappa shape index (κ3) is 5.58. The summed E-state index contributed by atoms with van der Waals surface area (Å²) in [7, 11) is 0. The monoisotopic (exact) mass is 348 g/mol. The fourth-order valence-corrected chi connectivity index (χ4v) is 2.38. The molecule has 21 heavy (non-hydrogen) atoms. The Labute approximate surface area is 134 Å². The minimum Gasteiger partial charge on any atom is -0.370 e. The van der Waals surface area contributed by atoms with Crippen molar-refractivity contribution in [1.82, 2.24) is 10.3 Å². The average molecular weight is 349 g/mol. The third-order valence-corrected chi connectivity index (χ3v) is 3.84. The molecule has 2 rings (SSSR count). The van der Waals surface area contributed by atoms with E-state index < -0.39 is 0 Å². The van der Waals surface area contributed by atoms with Crippen LogP contribution in [0.1, 0.15) is 30.3 Å². The molecule has 1 N–H and O–H groups in total. The van der Waals surface area contributed by atoms with Gasteiger partial charge >= 0.3 is 0 Å². The van der Waals surface area contributed by atoms with Gasteiger partial charge in [-0.15, -0.1) is 0 Å². The van der Waals surface area contributed by atoms with E-state index in [-0.39, 0.29) is 0 Å². The second-order valence-corrected chi connectivity index (χ2v) is 5.74. The first-order valence-corrected chi connectivity index (χ1v) is 8.05. The van der Waals surface area contributed by atoms with Gasteiger partial charge in [-0.2, -0.15) is 0 Å². The molecule has 0 spiro atoms. The fourth-order valence-electron chi connectivity index (χ4n) is 1.98. The molecule has 0 aliphatic carbocycles. The maximum atomic E-state index is 5.75. The predicted molar refractivity (Wildman–Crippen MR) is 88.9 cm³/mol. The molecule has 0 fully saturated rings. The predicted octanol–water partition coefficient (Wildman–Crippen LogP) is 4.06. The zero-order chi connectivity index (χ0) is 14.9. The van der Waals surface area contributed by atoms with Crippen molar-refractivity contribution in [2.45, 2.75) is 33.1 Å². The van der Waals surface area contributed by atoms with Crippen LogP contribution in [-0.4, -0.2) is 11.5 Å². The van der Waals surface area contributed by atoms with Gasteiger partial charge in [0, 0.05) is 11.0 Å². The number of nitrogens with one attached hydrogen (secondary N) is 1. The Bertz CT molecular complexity index is 560. The van der Waals surface area contributed by atoms with Crippen LogP contribution in [0.25, 0.3) is 0 Å². The molecular weight excluding hydrogens is 328 g/mol.